The first kappa shape index (κ1) is 56.4. The van der Waals surface area contributed by atoms with Crippen molar-refractivity contribution in [2.75, 3.05) is 20.8 Å². The van der Waals surface area contributed by atoms with E-state index >= 15 is 0 Å². The van der Waals surface area contributed by atoms with Crippen LogP contribution in [0.2, 0.25) is 49.9 Å². The SMILES string of the molecule is COC(=O)[C@H](Cc1ccc(OC)c(C2=C[C@@H](O[Si](C(C)C)(C(C)C)C(C)C)[C@H](O[Si](C(C)C)(C(C)C)C(C)C)[C@@H](CO[Si](C(C)C)(C(C)C)C(C)C)O2)c1)NC(=O)OCc1ccccc1. The molecule has 0 radical (unpaired) electrons. The molecule has 1 aliphatic rings. The van der Waals surface area contributed by atoms with Crippen LogP contribution < -0.4 is 10.1 Å². The molecule has 0 aliphatic carbocycles. The summed E-state index contributed by atoms with van der Waals surface area (Å²) in [6, 6.07) is 14.2. The number of carbonyl (C=O) groups excluding carboxylic acids is 2. The van der Waals surface area contributed by atoms with Gasteiger partial charge in [0, 0.05) is 6.42 Å². The average molecular weight is 957 g/mol. The zero-order chi connectivity index (χ0) is 49.2. The van der Waals surface area contributed by atoms with Crippen molar-refractivity contribution in [1.29, 1.82) is 0 Å². The maximum absolute atomic E-state index is 13.2. The summed E-state index contributed by atoms with van der Waals surface area (Å²) < 4.78 is 47.4. The van der Waals surface area contributed by atoms with E-state index in [2.05, 4.69) is 136 Å². The molecule has 0 unspecified atom stereocenters. The molecule has 0 aromatic heterocycles. The molecule has 13 heteroatoms. The number of hydrogen-bond donors (Lipinski definition) is 1. The van der Waals surface area contributed by atoms with Crippen LogP contribution in [0.4, 0.5) is 4.79 Å². The van der Waals surface area contributed by atoms with Crippen molar-refractivity contribution in [3.05, 3.63) is 71.3 Å². The highest BCUT2D eigenvalue weighted by Gasteiger charge is 2.55. The summed E-state index contributed by atoms with van der Waals surface area (Å²) in [5.41, 5.74) is 5.38. The van der Waals surface area contributed by atoms with Gasteiger partial charge in [0.15, 0.2) is 0 Å². The Hall–Kier alpha value is -2.95. The third-order valence-corrected chi connectivity index (χ3v) is 32.8. The molecular formula is C52H89NO9Si3. The topological polar surface area (TPSA) is 111 Å². The molecule has 0 bridgehead atoms. The lowest BCUT2D eigenvalue weighted by atomic mass is 9.98. The van der Waals surface area contributed by atoms with E-state index in [0.717, 1.165) is 11.1 Å². The fourth-order valence-electron chi connectivity index (χ4n) is 11.8. The van der Waals surface area contributed by atoms with Gasteiger partial charge < -0.3 is 37.5 Å². The van der Waals surface area contributed by atoms with Crippen LogP contribution >= 0.6 is 0 Å². The lowest BCUT2D eigenvalue weighted by molar-refractivity contribution is -0.143. The third-order valence-electron chi connectivity index (χ3n) is 14.5. The second-order valence-corrected chi connectivity index (χ2v) is 37.4. The van der Waals surface area contributed by atoms with Crippen LogP contribution in [0, 0.1) is 0 Å². The standard InChI is InChI=1S/C52H89NO9Si3/c1-33(2)63(34(3)4,35(5)6)59-32-49-50(62-65(39(13)14,40(15)16)41(17)18)48(61-64(36(7)8,37(9)10)38(11)12)30-47(60-49)44-28-43(26-27-46(44)56-19)29-45(51(54)57-20)53-52(55)58-31-42-24-22-21-23-25-42/h21-28,30,33-41,45,48-50H,29,31-32H2,1-20H3,(H,53,55)/t45-,48+,49+,50-/m0/s1. The molecule has 2 aromatic rings. The minimum absolute atomic E-state index is 0.0658. The van der Waals surface area contributed by atoms with Crippen LogP contribution in [0.15, 0.2) is 54.6 Å². The number of nitrogens with one attached hydrogen (secondary N) is 1. The summed E-state index contributed by atoms with van der Waals surface area (Å²) in [4.78, 5) is 26.3. The van der Waals surface area contributed by atoms with Crippen molar-refractivity contribution in [3.63, 3.8) is 0 Å². The van der Waals surface area contributed by atoms with Gasteiger partial charge in [0.1, 0.15) is 36.4 Å². The highest BCUT2D eigenvalue weighted by Crippen LogP contribution is 2.50. The van der Waals surface area contributed by atoms with Crippen LogP contribution in [0.5, 0.6) is 5.75 Å². The van der Waals surface area contributed by atoms with E-state index in [9.17, 15) is 9.59 Å². The molecule has 1 N–H and O–H groups in total. The molecule has 0 saturated carbocycles. The molecule has 2 aromatic carbocycles. The van der Waals surface area contributed by atoms with Gasteiger partial charge in [-0.25, -0.2) is 9.59 Å². The molecule has 3 rings (SSSR count). The van der Waals surface area contributed by atoms with Gasteiger partial charge in [-0.05, 0) is 79.2 Å². The van der Waals surface area contributed by atoms with Crippen LogP contribution in [-0.4, -0.2) is 82.2 Å². The number of esters is 1. The minimum Gasteiger partial charge on any atom is -0.496 e. The summed E-state index contributed by atoms with van der Waals surface area (Å²) in [7, 11) is -4.47. The lowest BCUT2D eigenvalue weighted by Gasteiger charge is -2.52. The van der Waals surface area contributed by atoms with E-state index in [1.165, 1.54) is 7.11 Å². The molecule has 0 fully saturated rings. The summed E-state index contributed by atoms with van der Waals surface area (Å²) in [6.07, 6.45) is 0.151. The summed E-state index contributed by atoms with van der Waals surface area (Å²) in [5.74, 6) is 0.632. The van der Waals surface area contributed by atoms with Crippen molar-refractivity contribution in [3.8, 4) is 5.75 Å². The lowest BCUT2D eigenvalue weighted by Crippen LogP contribution is -2.61. The molecule has 0 spiro atoms. The van der Waals surface area contributed by atoms with Gasteiger partial charge in [-0.15, -0.1) is 0 Å². The Bertz CT molecular complexity index is 1760. The fourth-order valence-corrected chi connectivity index (χ4v) is 28.3. The van der Waals surface area contributed by atoms with Crippen molar-refractivity contribution in [2.24, 2.45) is 0 Å². The van der Waals surface area contributed by atoms with Crippen molar-refractivity contribution in [1.82, 2.24) is 5.32 Å². The normalized spacial score (nSPS) is 18.0. The monoisotopic (exact) mass is 956 g/mol. The Kier molecular flexibility index (Phi) is 21.1. The summed E-state index contributed by atoms with van der Waals surface area (Å²) in [6.45, 7) is 42.3. The van der Waals surface area contributed by atoms with E-state index in [1.807, 2.05) is 48.5 Å². The number of carbonyl (C=O) groups is 2. The van der Waals surface area contributed by atoms with Gasteiger partial charge in [-0.3, -0.25) is 0 Å². The largest absolute Gasteiger partial charge is 0.496 e. The number of amides is 1. The number of rotatable bonds is 24. The molecule has 4 atom stereocenters. The molecule has 1 amide bonds. The second kappa shape index (κ2) is 24.4. The Morgan fingerprint density at radius 2 is 1.12 bits per heavy atom. The molecule has 65 heavy (non-hydrogen) atoms. The van der Waals surface area contributed by atoms with E-state index in [-0.39, 0.29) is 13.0 Å². The Morgan fingerprint density at radius 1 is 0.631 bits per heavy atom. The van der Waals surface area contributed by atoms with E-state index in [4.69, 9.17) is 32.2 Å². The first-order chi connectivity index (χ1) is 30.4. The van der Waals surface area contributed by atoms with Crippen molar-refractivity contribution in [2.45, 2.75) is 212 Å². The Balaban J connectivity index is 2.33. The van der Waals surface area contributed by atoms with E-state index in [1.54, 1.807) is 7.11 Å². The fraction of sp³-hybridized carbons (Fsp3) is 0.692. The molecule has 368 valence electrons. The smallest absolute Gasteiger partial charge is 0.408 e. The van der Waals surface area contributed by atoms with Crippen molar-refractivity contribution < 1.29 is 41.8 Å². The first-order valence-electron chi connectivity index (χ1n) is 24.5. The van der Waals surface area contributed by atoms with E-state index in [0.29, 0.717) is 73.5 Å². The summed E-state index contributed by atoms with van der Waals surface area (Å²) >= 11 is 0. The predicted octanol–water partition coefficient (Wildman–Crippen LogP) is 13.8. The maximum atomic E-state index is 13.2. The maximum Gasteiger partial charge on any atom is 0.408 e. The molecule has 1 aliphatic heterocycles. The number of alkyl carbamates (subject to hydrolysis) is 1. The number of benzene rings is 2. The van der Waals surface area contributed by atoms with Crippen LogP contribution in [0.3, 0.4) is 0 Å². The highest BCUT2D eigenvalue weighted by atomic mass is 28.4. The van der Waals surface area contributed by atoms with Crippen molar-refractivity contribution >= 4 is 42.8 Å². The molecule has 0 saturated heterocycles. The quantitative estimate of drug-likeness (QED) is 0.0812. The Morgan fingerprint density at radius 3 is 1.58 bits per heavy atom. The molecular weight excluding hydrogens is 867 g/mol. The number of hydrogen-bond acceptors (Lipinski definition) is 9. The van der Waals surface area contributed by atoms with Gasteiger partial charge in [0.2, 0.25) is 25.0 Å². The zero-order valence-electron chi connectivity index (χ0n) is 44.0. The van der Waals surface area contributed by atoms with Gasteiger partial charge in [-0.1, -0.05) is 161 Å². The second-order valence-electron chi connectivity index (χ2n) is 21.1. The van der Waals surface area contributed by atoms with Crippen LogP contribution in [-0.2, 0) is 45.3 Å². The van der Waals surface area contributed by atoms with Gasteiger partial charge in [-0.2, -0.15) is 0 Å². The zero-order valence-corrected chi connectivity index (χ0v) is 47.0. The van der Waals surface area contributed by atoms with Crippen LogP contribution in [0.25, 0.3) is 5.76 Å². The predicted molar refractivity (Wildman–Crippen MR) is 274 cm³/mol. The highest BCUT2D eigenvalue weighted by molar-refractivity contribution is 6.78. The van der Waals surface area contributed by atoms with Gasteiger partial charge in [0.25, 0.3) is 0 Å². The minimum atomic E-state index is -2.53. The number of methoxy groups -OCH3 is 2. The Labute approximate surface area is 398 Å². The molecule has 10 nitrogen and oxygen atoms in total. The summed E-state index contributed by atoms with van der Waals surface area (Å²) in [5, 5.41) is 2.74. The van der Waals surface area contributed by atoms with Gasteiger partial charge >= 0.3 is 12.1 Å². The first-order valence-corrected chi connectivity index (χ1v) is 30.9. The number of ether oxygens (including phenoxy) is 4. The van der Waals surface area contributed by atoms with Gasteiger partial charge in [0.05, 0.1) is 32.5 Å². The molecule has 1 heterocycles. The average Bonchev–Trinajstić information content (AvgIpc) is 3.23. The van der Waals surface area contributed by atoms with E-state index < -0.39 is 61.4 Å². The third kappa shape index (κ3) is 12.8. The van der Waals surface area contributed by atoms with Crippen LogP contribution in [0.1, 0.15) is 141 Å².